The lowest BCUT2D eigenvalue weighted by Crippen LogP contribution is -2.50. The standard InChI is InChI=1S/C25H31N3O4/c1-26-10-12-27(13-11-26)25(30)23-17-28(24(29)19-7-5-9-21(15-19)32-3)16-22(23)18-6-4-8-20(14-18)31-2/h4-9,14-15,22-23H,10-13,16-17H2,1-3H3. The van der Waals surface area contributed by atoms with Crippen LogP contribution in [0.4, 0.5) is 0 Å². The molecule has 0 aromatic heterocycles. The Hall–Kier alpha value is -3.06. The van der Waals surface area contributed by atoms with Gasteiger partial charge in [0, 0.05) is 50.7 Å². The summed E-state index contributed by atoms with van der Waals surface area (Å²) in [4.78, 5) is 32.9. The maximum absolute atomic E-state index is 13.6. The molecule has 0 aliphatic carbocycles. The molecule has 2 atom stereocenters. The van der Waals surface area contributed by atoms with Crippen molar-refractivity contribution in [2.75, 3.05) is 60.5 Å². The lowest BCUT2D eigenvalue weighted by molar-refractivity contribution is -0.137. The van der Waals surface area contributed by atoms with Crippen LogP contribution in [-0.4, -0.2) is 87.0 Å². The predicted octanol–water partition coefficient (Wildman–Crippen LogP) is 2.33. The number of piperazine rings is 1. The smallest absolute Gasteiger partial charge is 0.254 e. The zero-order valence-electron chi connectivity index (χ0n) is 19.0. The summed E-state index contributed by atoms with van der Waals surface area (Å²) in [7, 11) is 5.30. The van der Waals surface area contributed by atoms with E-state index in [9.17, 15) is 9.59 Å². The van der Waals surface area contributed by atoms with E-state index in [1.54, 1.807) is 31.3 Å². The van der Waals surface area contributed by atoms with E-state index in [1.165, 1.54) is 0 Å². The van der Waals surface area contributed by atoms with Crippen LogP contribution in [0.2, 0.25) is 0 Å². The van der Waals surface area contributed by atoms with E-state index in [1.807, 2.05) is 41.3 Å². The fourth-order valence-corrected chi connectivity index (χ4v) is 4.63. The molecule has 2 saturated heterocycles. The predicted molar refractivity (Wildman–Crippen MR) is 122 cm³/mol. The molecule has 0 N–H and O–H groups in total. The number of amides is 2. The minimum absolute atomic E-state index is 0.0770. The van der Waals surface area contributed by atoms with Crippen molar-refractivity contribution < 1.29 is 19.1 Å². The third-order valence-electron chi connectivity index (χ3n) is 6.58. The summed E-state index contributed by atoms with van der Waals surface area (Å²) >= 11 is 0. The Morgan fingerprint density at radius 1 is 0.844 bits per heavy atom. The van der Waals surface area contributed by atoms with Crippen molar-refractivity contribution in [2.45, 2.75) is 5.92 Å². The van der Waals surface area contributed by atoms with Crippen LogP contribution in [0.25, 0.3) is 0 Å². The lowest BCUT2D eigenvalue weighted by atomic mass is 9.87. The Morgan fingerprint density at radius 3 is 2.19 bits per heavy atom. The summed E-state index contributed by atoms with van der Waals surface area (Å²) in [5, 5.41) is 0. The molecular weight excluding hydrogens is 406 g/mol. The van der Waals surface area contributed by atoms with Crippen LogP contribution >= 0.6 is 0 Å². The van der Waals surface area contributed by atoms with Crippen molar-refractivity contribution in [3.63, 3.8) is 0 Å². The molecule has 170 valence electrons. The molecule has 2 aromatic rings. The molecule has 2 amide bonds. The molecule has 2 aliphatic heterocycles. The molecule has 7 heteroatoms. The number of benzene rings is 2. The van der Waals surface area contributed by atoms with Gasteiger partial charge in [0.05, 0.1) is 20.1 Å². The Kier molecular flexibility index (Phi) is 6.65. The molecule has 4 rings (SSSR count). The van der Waals surface area contributed by atoms with Crippen LogP contribution in [0.1, 0.15) is 21.8 Å². The number of methoxy groups -OCH3 is 2. The SMILES string of the molecule is COc1cccc(C(=O)N2CC(C(=O)N3CCN(C)CC3)C(c3cccc(OC)c3)C2)c1. The molecule has 2 aliphatic rings. The summed E-state index contributed by atoms with van der Waals surface area (Å²) in [5.41, 5.74) is 1.60. The average molecular weight is 438 g/mol. The normalized spacial score (nSPS) is 21.5. The quantitative estimate of drug-likeness (QED) is 0.719. The maximum atomic E-state index is 13.6. The molecule has 2 unspecified atom stereocenters. The molecule has 0 radical (unpaired) electrons. The number of likely N-dealkylation sites (N-methyl/N-ethyl adjacent to an activating group) is 1. The van der Waals surface area contributed by atoms with Crippen molar-refractivity contribution in [1.82, 2.24) is 14.7 Å². The minimum Gasteiger partial charge on any atom is -0.497 e. The Labute approximate surface area is 189 Å². The number of ether oxygens (including phenoxy) is 2. The molecule has 0 spiro atoms. The Balaban J connectivity index is 1.61. The molecule has 2 heterocycles. The Bertz CT molecular complexity index is 971. The van der Waals surface area contributed by atoms with Crippen LogP contribution in [-0.2, 0) is 4.79 Å². The highest BCUT2D eigenvalue weighted by molar-refractivity contribution is 5.95. The van der Waals surface area contributed by atoms with Gasteiger partial charge in [-0.3, -0.25) is 9.59 Å². The highest BCUT2D eigenvalue weighted by Crippen LogP contribution is 2.36. The number of likely N-dealkylation sites (tertiary alicyclic amines) is 1. The van der Waals surface area contributed by atoms with Crippen molar-refractivity contribution in [1.29, 1.82) is 0 Å². The summed E-state index contributed by atoms with van der Waals surface area (Å²) in [6, 6.07) is 15.0. The van der Waals surface area contributed by atoms with E-state index in [2.05, 4.69) is 11.9 Å². The minimum atomic E-state index is -0.278. The van der Waals surface area contributed by atoms with Crippen molar-refractivity contribution in [3.05, 3.63) is 59.7 Å². The first-order valence-electron chi connectivity index (χ1n) is 11.0. The monoisotopic (exact) mass is 437 g/mol. The molecular formula is C25H31N3O4. The number of carbonyl (C=O) groups is 2. The van der Waals surface area contributed by atoms with Crippen LogP contribution < -0.4 is 9.47 Å². The van der Waals surface area contributed by atoms with Gasteiger partial charge in [0.25, 0.3) is 5.91 Å². The van der Waals surface area contributed by atoms with Gasteiger partial charge < -0.3 is 24.2 Å². The number of carbonyl (C=O) groups excluding carboxylic acids is 2. The first kappa shape index (κ1) is 22.1. The van der Waals surface area contributed by atoms with Gasteiger partial charge in [-0.1, -0.05) is 18.2 Å². The molecule has 7 nitrogen and oxygen atoms in total. The lowest BCUT2D eigenvalue weighted by Gasteiger charge is -2.35. The summed E-state index contributed by atoms with van der Waals surface area (Å²) < 4.78 is 10.7. The second kappa shape index (κ2) is 9.61. The van der Waals surface area contributed by atoms with E-state index < -0.39 is 0 Å². The van der Waals surface area contributed by atoms with Gasteiger partial charge in [-0.25, -0.2) is 0 Å². The zero-order valence-corrected chi connectivity index (χ0v) is 19.0. The number of nitrogens with zero attached hydrogens (tertiary/aromatic N) is 3. The van der Waals surface area contributed by atoms with E-state index in [0.29, 0.717) is 24.4 Å². The van der Waals surface area contributed by atoms with Crippen molar-refractivity contribution in [2.24, 2.45) is 5.92 Å². The fraction of sp³-hybridized carbons (Fsp3) is 0.440. The van der Waals surface area contributed by atoms with Crippen molar-refractivity contribution in [3.8, 4) is 11.5 Å². The van der Waals surface area contributed by atoms with Crippen LogP contribution in [0, 0.1) is 5.92 Å². The third-order valence-corrected chi connectivity index (χ3v) is 6.58. The number of hydrogen-bond donors (Lipinski definition) is 0. The molecule has 2 fully saturated rings. The van der Waals surface area contributed by atoms with E-state index in [-0.39, 0.29) is 23.7 Å². The highest BCUT2D eigenvalue weighted by Gasteiger charge is 2.42. The summed E-state index contributed by atoms with van der Waals surface area (Å²) in [6.45, 7) is 4.08. The van der Waals surface area contributed by atoms with E-state index >= 15 is 0 Å². The van der Waals surface area contributed by atoms with Crippen LogP contribution in [0.15, 0.2) is 48.5 Å². The first-order chi connectivity index (χ1) is 15.5. The maximum Gasteiger partial charge on any atom is 0.254 e. The third kappa shape index (κ3) is 4.58. The highest BCUT2D eigenvalue weighted by atomic mass is 16.5. The summed E-state index contributed by atoms with van der Waals surface area (Å²) in [6.07, 6.45) is 0. The van der Waals surface area contributed by atoms with Gasteiger partial charge in [-0.05, 0) is 42.9 Å². The van der Waals surface area contributed by atoms with Gasteiger partial charge in [0.2, 0.25) is 5.91 Å². The second-order valence-electron chi connectivity index (χ2n) is 8.56. The number of hydrogen-bond acceptors (Lipinski definition) is 5. The van der Waals surface area contributed by atoms with E-state index in [0.717, 1.165) is 37.5 Å². The van der Waals surface area contributed by atoms with Gasteiger partial charge in [0.15, 0.2) is 0 Å². The van der Waals surface area contributed by atoms with E-state index in [4.69, 9.17) is 9.47 Å². The molecule has 32 heavy (non-hydrogen) atoms. The van der Waals surface area contributed by atoms with Crippen LogP contribution in [0.5, 0.6) is 11.5 Å². The topological polar surface area (TPSA) is 62.3 Å². The van der Waals surface area contributed by atoms with Gasteiger partial charge in [-0.15, -0.1) is 0 Å². The largest absolute Gasteiger partial charge is 0.497 e. The average Bonchev–Trinajstić information content (AvgIpc) is 3.29. The van der Waals surface area contributed by atoms with Gasteiger partial charge >= 0.3 is 0 Å². The van der Waals surface area contributed by atoms with Crippen molar-refractivity contribution >= 4 is 11.8 Å². The molecule has 2 aromatic carbocycles. The Morgan fingerprint density at radius 2 is 1.50 bits per heavy atom. The molecule has 0 bridgehead atoms. The zero-order chi connectivity index (χ0) is 22.7. The van der Waals surface area contributed by atoms with Crippen LogP contribution in [0.3, 0.4) is 0 Å². The van der Waals surface area contributed by atoms with Gasteiger partial charge in [-0.2, -0.15) is 0 Å². The first-order valence-corrected chi connectivity index (χ1v) is 11.0. The van der Waals surface area contributed by atoms with Gasteiger partial charge in [0.1, 0.15) is 11.5 Å². The number of rotatable bonds is 5. The second-order valence-corrected chi connectivity index (χ2v) is 8.56. The molecule has 0 saturated carbocycles. The fourth-order valence-electron chi connectivity index (χ4n) is 4.63. The summed E-state index contributed by atoms with van der Waals surface area (Å²) in [5.74, 6) is 1.10.